The van der Waals surface area contributed by atoms with Crippen LogP contribution in [0.4, 0.5) is 5.69 Å². The third-order valence-corrected chi connectivity index (χ3v) is 4.46. The fourth-order valence-corrected chi connectivity index (χ4v) is 2.99. The van der Waals surface area contributed by atoms with Crippen LogP contribution in [0.25, 0.3) is 0 Å². The summed E-state index contributed by atoms with van der Waals surface area (Å²) in [6.07, 6.45) is 0. The van der Waals surface area contributed by atoms with Crippen molar-refractivity contribution in [1.82, 2.24) is 4.90 Å². The molecule has 2 rings (SSSR count). The lowest BCUT2D eigenvalue weighted by atomic mass is 10.1. The van der Waals surface area contributed by atoms with Crippen LogP contribution in [-0.2, 0) is 6.54 Å². The van der Waals surface area contributed by atoms with Gasteiger partial charge < -0.3 is 14.8 Å². The van der Waals surface area contributed by atoms with Crippen LogP contribution in [0, 0.1) is 0 Å². The summed E-state index contributed by atoms with van der Waals surface area (Å²) in [4.78, 5) is 14.9. The average molecular weight is 377 g/mol. The summed E-state index contributed by atoms with van der Waals surface area (Å²) in [6.45, 7) is 7.08. The first-order valence-electron chi connectivity index (χ1n) is 8.56. The molecule has 0 heterocycles. The number of halogens is 1. The van der Waals surface area contributed by atoms with E-state index < -0.39 is 0 Å². The lowest BCUT2D eigenvalue weighted by Gasteiger charge is -2.18. The fourth-order valence-electron chi connectivity index (χ4n) is 2.71. The van der Waals surface area contributed by atoms with E-state index in [0.717, 1.165) is 30.9 Å². The minimum absolute atomic E-state index is 0.257. The fraction of sp³-hybridized carbons (Fsp3) is 0.350. The number of nitrogens with one attached hydrogen (secondary N) is 1. The second-order valence-corrected chi connectivity index (χ2v) is 6.22. The van der Waals surface area contributed by atoms with Crippen LogP contribution >= 0.6 is 11.6 Å². The summed E-state index contributed by atoms with van der Waals surface area (Å²) in [5.74, 6) is 0.570. The van der Waals surface area contributed by atoms with Gasteiger partial charge in [-0.3, -0.25) is 9.69 Å². The van der Waals surface area contributed by atoms with Gasteiger partial charge in [0.15, 0.2) is 11.5 Å². The predicted molar refractivity (Wildman–Crippen MR) is 106 cm³/mol. The first-order chi connectivity index (χ1) is 12.5. The molecule has 1 N–H and O–H groups in total. The molecule has 1 amide bonds. The van der Waals surface area contributed by atoms with Crippen molar-refractivity contribution in [1.29, 1.82) is 0 Å². The Bertz CT molecular complexity index is 761. The van der Waals surface area contributed by atoms with Gasteiger partial charge >= 0.3 is 0 Å². The number of anilines is 1. The number of amides is 1. The molecule has 2 aromatic carbocycles. The third-order valence-electron chi connectivity index (χ3n) is 4.18. The van der Waals surface area contributed by atoms with E-state index in [4.69, 9.17) is 21.1 Å². The van der Waals surface area contributed by atoms with Gasteiger partial charge in [0.25, 0.3) is 5.91 Å². The molecule has 0 fully saturated rings. The Morgan fingerprint density at radius 2 is 1.85 bits per heavy atom. The summed E-state index contributed by atoms with van der Waals surface area (Å²) in [7, 11) is 3.01. The zero-order chi connectivity index (χ0) is 19.1. The second kappa shape index (κ2) is 9.46. The number of nitrogens with zero attached hydrogens (tertiary/aromatic N) is 1. The molecule has 0 aliphatic rings. The normalized spacial score (nSPS) is 10.7. The minimum Gasteiger partial charge on any atom is -0.493 e. The van der Waals surface area contributed by atoms with Crippen LogP contribution < -0.4 is 14.8 Å². The Hall–Kier alpha value is -2.24. The smallest absolute Gasteiger partial charge is 0.255 e. The van der Waals surface area contributed by atoms with Crippen molar-refractivity contribution in [3.05, 3.63) is 52.5 Å². The molecule has 0 aliphatic heterocycles. The van der Waals surface area contributed by atoms with E-state index in [1.165, 1.54) is 14.2 Å². The van der Waals surface area contributed by atoms with E-state index in [1.54, 1.807) is 12.1 Å². The van der Waals surface area contributed by atoms with E-state index in [-0.39, 0.29) is 5.91 Å². The molecule has 140 valence electrons. The van der Waals surface area contributed by atoms with Gasteiger partial charge in [0.05, 0.1) is 19.2 Å². The van der Waals surface area contributed by atoms with Crippen molar-refractivity contribution in [2.24, 2.45) is 0 Å². The van der Waals surface area contributed by atoms with Crippen LogP contribution in [-0.4, -0.2) is 38.1 Å². The number of methoxy groups -OCH3 is 2. The van der Waals surface area contributed by atoms with Gasteiger partial charge in [-0.1, -0.05) is 37.6 Å². The van der Waals surface area contributed by atoms with E-state index in [0.29, 0.717) is 22.1 Å². The first kappa shape index (κ1) is 20.1. The van der Waals surface area contributed by atoms with E-state index in [1.807, 2.05) is 18.2 Å². The molecule has 0 saturated heterocycles. The molecule has 0 radical (unpaired) electrons. The molecular weight excluding hydrogens is 352 g/mol. The maximum absolute atomic E-state index is 12.6. The molecule has 0 bridgehead atoms. The molecule has 0 unspecified atom stereocenters. The van der Waals surface area contributed by atoms with Crippen LogP contribution in [0.3, 0.4) is 0 Å². The van der Waals surface area contributed by atoms with Gasteiger partial charge in [-0.05, 0) is 42.9 Å². The molecule has 0 saturated carbocycles. The summed E-state index contributed by atoms with van der Waals surface area (Å²) in [6, 6.07) is 11.0. The average Bonchev–Trinajstić information content (AvgIpc) is 2.65. The topological polar surface area (TPSA) is 50.8 Å². The lowest BCUT2D eigenvalue weighted by Crippen LogP contribution is -2.22. The van der Waals surface area contributed by atoms with Crippen LogP contribution in [0.15, 0.2) is 36.4 Å². The molecule has 26 heavy (non-hydrogen) atoms. The number of hydrogen-bond donors (Lipinski definition) is 1. The number of ether oxygens (including phenoxy) is 2. The Morgan fingerprint density at radius 3 is 2.46 bits per heavy atom. The zero-order valence-corrected chi connectivity index (χ0v) is 16.4. The highest BCUT2D eigenvalue weighted by molar-refractivity contribution is 6.32. The van der Waals surface area contributed by atoms with Crippen molar-refractivity contribution in [2.45, 2.75) is 20.4 Å². The van der Waals surface area contributed by atoms with Gasteiger partial charge in [-0.2, -0.15) is 0 Å². The Balaban J connectivity index is 2.18. The predicted octanol–water partition coefficient (Wildman–Crippen LogP) is 4.45. The Kier molecular flexibility index (Phi) is 7.30. The standard InChI is InChI=1S/C20H25ClN2O3/c1-5-23(6-2)13-14-8-7-9-16(10-14)22-20(24)15-11-17(21)19(26-4)18(12-15)25-3/h7-12H,5-6,13H2,1-4H3,(H,22,24). The van der Waals surface area contributed by atoms with Gasteiger partial charge in [-0.25, -0.2) is 0 Å². The molecule has 2 aromatic rings. The van der Waals surface area contributed by atoms with E-state index >= 15 is 0 Å². The summed E-state index contributed by atoms with van der Waals surface area (Å²) in [5.41, 5.74) is 2.30. The number of benzene rings is 2. The summed E-state index contributed by atoms with van der Waals surface area (Å²) in [5, 5.41) is 3.24. The van der Waals surface area contributed by atoms with Crippen molar-refractivity contribution < 1.29 is 14.3 Å². The maximum Gasteiger partial charge on any atom is 0.255 e. The van der Waals surface area contributed by atoms with Gasteiger partial charge in [-0.15, -0.1) is 0 Å². The highest BCUT2D eigenvalue weighted by Crippen LogP contribution is 2.36. The van der Waals surface area contributed by atoms with E-state index in [9.17, 15) is 4.79 Å². The van der Waals surface area contributed by atoms with Gasteiger partial charge in [0.1, 0.15) is 0 Å². The quantitative estimate of drug-likeness (QED) is 0.739. The highest BCUT2D eigenvalue weighted by Gasteiger charge is 2.15. The summed E-state index contributed by atoms with van der Waals surface area (Å²) >= 11 is 6.18. The van der Waals surface area contributed by atoms with Crippen molar-refractivity contribution in [2.75, 3.05) is 32.6 Å². The largest absolute Gasteiger partial charge is 0.493 e. The zero-order valence-electron chi connectivity index (χ0n) is 15.6. The first-order valence-corrected chi connectivity index (χ1v) is 8.94. The second-order valence-electron chi connectivity index (χ2n) is 5.81. The molecule has 0 spiro atoms. The SMILES string of the molecule is CCN(CC)Cc1cccc(NC(=O)c2cc(Cl)c(OC)c(OC)c2)c1. The molecule has 0 atom stereocenters. The third kappa shape index (κ3) is 4.90. The highest BCUT2D eigenvalue weighted by atomic mass is 35.5. The van der Waals surface area contributed by atoms with Crippen molar-refractivity contribution >= 4 is 23.2 Å². The van der Waals surface area contributed by atoms with Crippen LogP contribution in [0.5, 0.6) is 11.5 Å². The Labute approximate surface area is 159 Å². The number of rotatable bonds is 8. The van der Waals surface area contributed by atoms with Gasteiger partial charge in [0, 0.05) is 17.8 Å². The molecule has 0 aliphatic carbocycles. The number of carbonyl (C=O) groups is 1. The number of carbonyl (C=O) groups excluding carboxylic acids is 1. The molecule has 0 aromatic heterocycles. The van der Waals surface area contributed by atoms with E-state index in [2.05, 4.69) is 30.1 Å². The molecular formula is C20H25ClN2O3. The van der Waals surface area contributed by atoms with Crippen LogP contribution in [0.2, 0.25) is 5.02 Å². The van der Waals surface area contributed by atoms with Crippen molar-refractivity contribution in [3.63, 3.8) is 0 Å². The minimum atomic E-state index is -0.257. The van der Waals surface area contributed by atoms with Crippen LogP contribution in [0.1, 0.15) is 29.8 Å². The molecule has 6 heteroatoms. The Morgan fingerprint density at radius 1 is 1.12 bits per heavy atom. The lowest BCUT2D eigenvalue weighted by molar-refractivity contribution is 0.102. The summed E-state index contributed by atoms with van der Waals surface area (Å²) < 4.78 is 10.5. The van der Waals surface area contributed by atoms with Gasteiger partial charge in [0.2, 0.25) is 0 Å². The number of hydrogen-bond acceptors (Lipinski definition) is 4. The molecule has 5 nitrogen and oxygen atoms in total. The monoisotopic (exact) mass is 376 g/mol. The van der Waals surface area contributed by atoms with Crippen molar-refractivity contribution in [3.8, 4) is 11.5 Å². The maximum atomic E-state index is 12.6.